The van der Waals surface area contributed by atoms with E-state index in [9.17, 15) is 4.79 Å². The molecule has 0 saturated carbocycles. The third-order valence-electron chi connectivity index (χ3n) is 3.39. The Labute approximate surface area is 158 Å². The molecule has 1 amide bonds. The van der Waals surface area contributed by atoms with Crippen molar-refractivity contribution in [3.05, 3.63) is 53.1 Å². The first-order valence-corrected chi connectivity index (χ1v) is 8.48. The van der Waals surface area contributed by atoms with E-state index in [1.807, 2.05) is 38.1 Å². The van der Waals surface area contributed by atoms with Crippen molar-refractivity contribution in [3.8, 4) is 17.2 Å². The van der Waals surface area contributed by atoms with Gasteiger partial charge in [-0.3, -0.25) is 4.79 Å². The van der Waals surface area contributed by atoms with E-state index in [2.05, 4.69) is 5.32 Å². The second-order valence-corrected chi connectivity index (χ2v) is 6.16. The Kier molecular flexibility index (Phi) is 6.92. The van der Waals surface area contributed by atoms with Gasteiger partial charge in [0.2, 0.25) is 5.91 Å². The highest BCUT2D eigenvalue weighted by atomic mass is 35.5. The van der Waals surface area contributed by atoms with Gasteiger partial charge in [-0.15, -0.1) is 0 Å². The van der Waals surface area contributed by atoms with E-state index in [4.69, 9.17) is 25.8 Å². The topological polar surface area (TPSA) is 56.8 Å². The molecular weight excluding hydrogens is 354 g/mol. The predicted octanol–water partition coefficient (Wildman–Crippen LogP) is 4.80. The molecule has 0 fully saturated rings. The Balaban J connectivity index is 2.12. The molecule has 0 radical (unpaired) electrons. The van der Waals surface area contributed by atoms with Crippen LogP contribution in [0.15, 0.2) is 42.5 Å². The summed E-state index contributed by atoms with van der Waals surface area (Å²) in [6, 6.07) is 10.7. The molecule has 0 spiro atoms. The molecule has 0 atom stereocenters. The summed E-state index contributed by atoms with van der Waals surface area (Å²) >= 11 is 6.07. The van der Waals surface area contributed by atoms with E-state index in [1.54, 1.807) is 18.2 Å². The van der Waals surface area contributed by atoms with Gasteiger partial charge in [-0.05, 0) is 37.6 Å². The lowest BCUT2D eigenvalue weighted by Gasteiger charge is -2.12. The van der Waals surface area contributed by atoms with Crippen molar-refractivity contribution >= 4 is 29.3 Å². The van der Waals surface area contributed by atoms with Crippen molar-refractivity contribution in [1.29, 1.82) is 0 Å². The summed E-state index contributed by atoms with van der Waals surface area (Å²) in [5, 5.41) is 3.16. The monoisotopic (exact) mass is 375 g/mol. The van der Waals surface area contributed by atoms with Crippen LogP contribution in [0.4, 0.5) is 5.69 Å². The SMILES string of the molecule is COc1cc(NC(=O)/C=C/c2cccc(OC(C)C)c2)c(OC)cc1Cl. The predicted molar refractivity (Wildman–Crippen MR) is 104 cm³/mol. The van der Waals surface area contributed by atoms with E-state index in [0.29, 0.717) is 22.2 Å². The molecule has 5 nitrogen and oxygen atoms in total. The highest BCUT2D eigenvalue weighted by molar-refractivity contribution is 6.32. The van der Waals surface area contributed by atoms with Crippen molar-refractivity contribution in [2.75, 3.05) is 19.5 Å². The van der Waals surface area contributed by atoms with Crippen molar-refractivity contribution in [1.82, 2.24) is 0 Å². The van der Waals surface area contributed by atoms with Gasteiger partial charge in [0.1, 0.15) is 17.2 Å². The molecule has 1 N–H and O–H groups in total. The van der Waals surface area contributed by atoms with Crippen LogP contribution in [0.1, 0.15) is 19.4 Å². The zero-order valence-corrected chi connectivity index (χ0v) is 16.0. The van der Waals surface area contributed by atoms with Gasteiger partial charge in [0.25, 0.3) is 0 Å². The Morgan fingerprint density at radius 2 is 1.85 bits per heavy atom. The average molecular weight is 376 g/mol. The molecule has 0 unspecified atom stereocenters. The van der Waals surface area contributed by atoms with Crippen molar-refractivity contribution < 1.29 is 19.0 Å². The summed E-state index contributed by atoms with van der Waals surface area (Å²) in [6.07, 6.45) is 3.24. The summed E-state index contributed by atoms with van der Waals surface area (Å²) in [5.41, 5.74) is 1.33. The van der Waals surface area contributed by atoms with E-state index in [1.165, 1.54) is 20.3 Å². The number of nitrogens with one attached hydrogen (secondary N) is 1. The first kappa shape index (κ1) is 19.7. The van der Waals surface area contributed by atoms with Crippen LogP contribution in [0, 0.1) is 0 Å². The Bertz CT molecular complexity index is 802. The summed E-state index contributed by atoms with van der Waals surface area (Å²) in [6.45, 7) is 3.92. The fourth-order valence-electron chi connectivity index (χ4n) is 2.27. The van der Waals surface area contributed by atoms with Crippen LogP contribution in [0.2, 0.25) is 5.02 Å². The van der Waals surface area contributed by atoms with Gasteiger partial charge in [-0.2, -0.15) is 0 Å². The number of anilines is 1. The molecule has 2 aromatic rings. The molecule has 0 bridgehead atoms. The fraction of sp³-hybridized carbons (Fsp3) is 0.250. The number of carbonyl (C=O) groups is 1. The smallest absolute Gasteiger partial charge is 0.248 e. The number of rotatable bonds is 7. The highest BCUT2D eigenvalue weighted by Crippen LogP contribution is 2.35. The average Bonchev–Trinajstić information content (AvgIpc) is 2.60. The first-order chi connectivity index (χ1) is 12.4. The van der Waals surface area contributed by atoms with Crippen LogP contribution in [0.25, 0.3) is 6.08 Å². The van der Waals surface area contributed by atoms with Crippen molar-refractivity contribution in [2.45, 2.75) is 20.0 Å². The van der Waals surface area contributed by atoms with Crippen molar-refractivity contribution in [3.63, 3.8) is 0 Å². The number of halogens is 1. The lowest BCUT2D eigenvalue weighted by molar-refractivity contribution is -0.111. The maximum atomic E-state index is 12.2. The first-order valence-electron chi connectivity index (χ1n) is 8.10. The lowest BCUT2D eigenvalue weighted by atomic mass is 10.2. The van der Waals surface area contributed by atoms with E-state index in [-0.39, 0.29) is 12.0 Å². The molecule has 0 aliphatic carbocycles. The van der Waals surface area contributed by atoms with Gasteiger partial charge in [0.05, 0.1) is 31.0 Å². The van der Waals surface area contributed by atoms with Crippen LogP contribution in [-0.4, -0.2) is 26.2 Å². The molecule has 0 aliphatic rings. The van der Waals surface area contributed by atoms with Crippen LogP contribution in [-0.2, 0) is 4.79 Å². The third-order valence-corrected chi connectivity index (χ3v) is 3.68. The van der Waals surface area contributed by atoms with E-state index >= 15 is 0 Å². The zero-order chi connectivity index (χ0) is 19.1. The molecule has 0 aliphatic heterocycles. The van der Waals surface area contributed by atoms with Gasteiger partial charge in [0.15, 0.2) is 0 Å². The molecule has 0 saturated heterocycles. The molecule has 2 rings (SSSR count). The molecule has 0 heterocycles. The minimum absolute atomic E-state index is 0.0879. The summed E-state index contributed by atoms with van der Waals surface area (Å²) in [7, 11) is 3.01. The van der Waals surface area contributed by atoms with Gasteiger partial charge in [-0.25, -0.2) is 0 Å². The molecule has 2 aromatic carbocycles. The zero-order valence-electron chi connectivity index (χ0n) is 15.2. The Morgan fingerprint density at radius 1 is 1.12 bits per heavy atom. The summed E-state index contributed by atoms with van der Waals surface area (Å²) in [5.74, 6) is 1.35. The minimum atomic E-state index is -0.303. The number of ether oxygens (including phenoxy) is 3. The van der Waals surface area contributed by atoms with Crippen molar-refractivity contribution in [2.24, 2.45) is 0 Å². The molecule has 26 heavy (non-hydrogen) atoms. The molecule has 0 aromatic heterocycles. The van der Waals surface area contributed by atoms with E-state index < -0.39 is 0 Å². The number of hydrogen-bond donors (Lipinski definition) is 1. The minimum Gasteiger partial charge on any atom is -0.495 e. The van der Waals surface area contributed by atoms with Crippen LogP contribution in [0.5, 0.6) is 17.2 Å². The van der Waals surface area contributed by atoms with Gasteiger partial charge < -0.3 is 19.5 Å². The summed E-state index contributed by atoms with van der Waals surface area (Å²) < 4.78 is 16.1. The number of methoxy groups -OCH3 is 2. The normalized spacial score (nSPS) is 10.8. The second kappa shape index (κ2) is 9.15. The molecule has 6 heteroatoms. The maximum absolute atomic E-state index is 12.2. The summed E-state index contributed by atoms with van der Waals surface area (Å²) in [4.78, 5) is 12.2. The van der Waals surface area contributed by atoms with Crippen LogP contribution >= 0.6 is 11.6 Å². The standard InChI is InChI=1S/C20H22ClNO4/c1-13(2)26-15-7-5-6-14(10-15)8-9-20(23)22-17-12-18(24-3)16(21)11-19(17)25-4/h5-13H,1-4H3,(H,22,23)/b9-8+. The van der Waals surface area contributed by atoms with E-state index in [0.717, 1.165) is 11.3 Å². The Morgan fingerprint density at radius 3 is 2.50 bits per heavy atom. The largest absolute Gasteiger partial charge is 0.495 e. The molecule has 138 valence electrons. The van der Waals surface area contributed by atoms with Gasteiger partial charge in [-0.1, -0.05) is 23.7 Å². The van der Waals surface area contributed by atoms with Gasteiger partial charge >= 0.3 is 0 Å². The van der Waals surface area contributed by atoms with Crippen LogP contribution in [0.3, 0.4) is 0 Å². The maximum Gasteiger partial charge on any atom is 0.248 e. The number of amides is 1. The highest BCUT2D eigenvalue weighted by Gasteiger charge is 2.11. The number of benzene rings is 2. The number of carbonyl (C=O) groups excluding carboxylic acids is 1. The van der Waals surface area contributed by atoms with Crippen LogP contribution < -0.4 is 19.5 Å². The number of hydrogen-bond acceptors (Lipinski definition) is 4. The van der Waals surface area contributed by atoms with Gasteiger partial charge in [0, 0.05) is 18.2 Å². The quantitative estimate of drug-likeness (QED) is 0.706. The lowest BCUT2D eigenvalue weighted by Crippen LogP contribution is -2.09. The fourth-order valence-corrected chi connectivity index (χ4v) is 2.50. The Hall–Kier alpha value is -2.66. The second-order valence-electron chi connectivity index (χ2n) is 5.75. The third kappa shape index (κ3) is 5.43. The molecular formula is C20H22ClNO4.